The van der Waals surface area contributed by atoms with E-state index in [1.165, 1.54) is 11.3 Å². The summed E-state index contributed by atoms with van der Waals surface area (Å²) in [7, 11) is 0. The second kappa shape index (κ2) is 7.40. The highest BCUT2D eigenvalue weighted by atomic mass is 32.1. The van der Waals surface area contributed by atoms with Gasteiger partial charge < -0.3 is 5.32 Å². The molecule has 1 aromatic carbocycles. The van der Waals surface area contributed by atoms with Gasteiger partial charge in [-0.05, 0) is 26.3 Å². The first-order chi connectivity index (χ1) is 11.6. The van der Waals surface area contributed by atoms with Crippen molar-refractivity contribution in [2.45, 2.75) is 26.8 Å². The summed E-state index contributed by atoms with van der Waals surface area (Å²) < 4.78 is 1.97. The lowest BCUT2D eigenvalue weighted by Crippen LogP contribution is -2.24. The van der Waals surface area contributed by atoms with Crippen molar-refractivity contribution in [3.8, 4) is 10.6 Å². The molecule has 0 saturated heterocycles. The molecule has 3 aromatic rings. The number of thiazole rings is 1. The Labute approximate surface area is 145 Å². The molecule has 3 rings (SSSR count). The summed E-state index contributed by atoms with van der Waals surface area (Å²) in [6, 6.07) is 11.9. The molecule has 5 nitrogen and oxygen atoms in total. The Morgan fingerprint density at radius 2 is 2.04 bits per heavy atom. The number of aromatic nitrogens is 3. The first kappa shape index (κ1) is 16.4. The Kier molecular flexibility index (Phi) is 5.05. The van der Waals surface area contributed by atoms with Crippen LogP contribution in [0.15, 0.2) is 42.6 Å². The van der Waals surface area contributed by atoms with Crippen molar-refractivity contribution in [3.05, 3.63) is 58.9 Å². The summed E-state index contributed by atoms with van der Waals surface area (Å²) >= 11 is 1.41. The summed E-state index contributed by atoms with van der Waals surface area (Å²) in [5.41, 5.74) is 3.20. The van der Waals surface area contributed by atoms with Crippen LogP contribution in [0.2, 0.25) is 0 Å². The van der Waals surface area contributed by atoms with E-state index in [9.17, 15) is 4.79 Å². The van der Waals surface area contributed by atoms with E-state index in [2.05, 4.69) is 21.5 Å². The minimum Gasteiger partial charge on any atom is -0.351 e. The Morgan fingerprint density at radius 3 is 2.75 bits per heavy atom. The van der Waals surface area contributed by atoms with Gasteiger partial charge in [-0.2, -0.15) is 5.10 Å². The topological polar surface area (TPSA) is 59.8 Å². The van der Waals surface area contributed by atoms with Crippen LogP contribution in [-0.2, 0) is 6.54 Å². The number of benzene rings is 1. The van der Waals surface area contributed by atoms with Crippen molar-refractivity contribution in [2.24, 2.45) is 0 Å². The molecule has 0 aliphatic rings. The average Bonchev–Trinajstić information content (AvgIpc) is 3.19. The van der Waals surface area contributed by atoms with E-state index in [0.29, 0.717) is 11.4 Å². The molecule has 1 amide bonds. The zero-order valence-electron chi connectivity index (χ0n) is 13.8. The molecule has 0 unspecified atom stereocenters. The van der Waals surface area contributed by atoms with E-state index in [-0.39, 0.29) is 5.91 Å². The minimum atomic E-state index is -0.0666. The second-order valence-electron chi connectivity index (χ2n) is 5.66. The number of rotatable bonds is 6. The molecule has 0 radical (unpaired) electrons. The Bertz CT molecular complexity index is 823. The zero-order chi connectivity index (χ0) is 16.9. The largest absolute Gasteiger partial charge is 0.351 e. The molecule has 0 aliphatic carbocycles. The molecule has 0 atom stereocenters. The van der Waals surface area contributed by atoms with E-state index in [1.807, 2.05) is 48.9 Å². The quantitative estimate of drug-likeness (QED) is 0.699. The third-order valence-electron chi connectivity index (χ3n) is 3.69. The van der Waals surface area contributed by atoms with Crippen LogP contribution in [0.25, 0.3) is 10.6 Å². The predicted octanol–water partition coefficient (Wildman–Crippen LogP) is 3.44. The highest BCUT2D eigenvalue weighted by molar-refractivity contribution is 7.16. The predicted molar refractivity (Wildman–Crippen MR) is 96.2 cm³/mol. The van der Waals surface area contributed by atoms with Crippen LogP contribution >= 0.6 is 11.3 Å². The molecule has 6 heteroatoms. The van der Waals surface area contributed by atoms with Gasteiger partial charge in [-0.25, -0.2) is 4.98 Å². The lowest BCUT2D eigenvalue weighted by molar-refractivity contribution is 0.0956. The van der Waals surface area contributed by atoms with Gasteiger partial charge in [0.2, 0.25) is 0 Å². The maximum absolute atomic E-state index is 12.2. The SMILES string of the molecule is Cc1cc(C)n(CCCNC(=O)c2cnc(-c3ccccc3)s2)n1. The third kappa shape index (κ3) is 3.89. The monoisotopic (exact) mass is 340 g/mol. The van der Waals surface area contributed by atoms with Gasteiger partial charge in [0.05, 0.1) is 11.9 Å². The molecule has 0 spiro atoms. The van der Waals surface area contributed by atoms with Gasteiger partial charge in [-0.3, -0.25) is 9.48 Å². The molecule has 1 N–H and O–H groups in total. The maximum atomic E-state index is 12.2. The normalized spacial score (nSPS) is 10.8. The number of amides is 1. The van der Waals surface area contributed by atoms with Crippen molar-refractivity contribution < 1.29 is 4.79 Å². The summed E-state index contributed by atoms with van der Waals surface area (Å²) in [6.45, 7) is 5.45. The van der Waals surface area contributed by atoms with Crippen LogP contribution in [-0.4, -0.2) is 27.2 Å². The highest BCUT2D eigenvalue weighted by Gasteiger charge is 2.11. The van der Waals surface area contributed by atoms with Crippen LogP contribution in [0.4, 0.5) is 0 Å². The first-order valence-corrected chi connectivity index (χ1v) is 8.75. The maximum Gasteiger partial charge on any atom is 0.263 e. The van der Waals surface area contributed by atoms with Crippen molar-refractivity contribution in [1.29, 1.82) is 0 Å². The Balaban J connectivity index is 1.51. The van der Waals surface area contributed by atoms with Gasteiger partial charge in [0.15, 0.2) is 0 Å². The first-order valence-electron chi connectivity index (χ1n) is 7.94. The molecule has 2 heterocycles. The number of aryl methyl sites for hydroxylation is 3. The van der Waals surface area contributed by atoms with E-state index < -0.39 is 0 Å². The molecular weight excluding hydrogens is 320 g/mol. The zero-order valence-corrected chi connectivity index (χ0v) is 14.6. The van der Waals surface area contributed by atoms with Gasteiger partial charge in [-0.15, -0.1) is 11.3 Å². The summed E-state index contributed by atoms with van der Waals surface area (Å²) in [4.78, 5) is 17.2. The van der Waals surface area contributed by atoms with E-state index in [1.54, 1.807) is 6.20 Å². The molecule has 2 aromatic heterocycles. The van der Waals surface area contributed by atoms with E-state index >= 15 is 0 Å². The summed E-state index contributed by atoms with van der Waals surface area (Å²) in [5.74, 6) is -0.0666. The standard InChI is InChI=1S/C18H20N4OS/c1-13-11-14(2)22(21-13)10-6-9-19-17(23)16-12-20-18(24-16)15-7-4-3-5-8-15/h3-5,7-8,11-12H,6,9-10H2,1-2H3,(H,19,23). The highest BCUT2D eigenvalue weighted by Crippen LogP contribution is 2.24. The van der Waals surface area contributed by atoms with Gasteiger partial charge in [0.25, 0.3) is 5.91 Å². The molecule has 0 bridgehead atoms. The van der Waals surface area contributed by atoms with Crippen LogP contribution in [0.1, 0.15) is 27.5 Å². The van der Waals surface area contributed by atoms with Crippen molar-refractivity contribution in [1.82, 2.24) is 20.1 Å². The second-order valence-corrected chi connectivity index (χ2v) is 6.69. The Morgan fingerprint density at radius 1 is 1.25 bits per heavy atom. The molecular formula is C18H20N4OS. The van der Waals surface area contributed by atoms with E-state index in [4.69, 9.17) is 0 Å². The van der Waals surface area contributed by atoms with Crippen LogP contribution in [0, 0.1) is 13.8 Å². The number of hydrogen-bond donors (Lipinski definition) is 1. The number of hydrogen-bond acceptors (Lipinski definition) is 4. The molecule has 24 heavy (non-hydrogen) atoms. The smallest absolute Gasteiger partial charge is 0.263 e. The average molecular weight is 340 g/mol. The van der Waals surface area contributed by atoms with Crippen LogP contribution in [0.5, 0.6) is 0 Å². The lowest BCUT2D eigenvalue weighted by Gasteiger charge is -2.05. The molecule has 0 aliphatic heterocycles. The molecule has 0 fully saturated rings. The minimum absolute atomic E-state index is 0.0666. The van der Waals surface area contributed by atoms with E-state index in [0.717, 1.165) is 34.9 Å². The van der Waals surface area contributed by atoms with Gasteiger partial charge in [0.1, 0.15) is 9.88 Å². The fraction of sp³-hybridized carbons (Fsp3) is 0.278. The molecule has 124 valence electrons. The number of nitrogens with one attached hydrogen (secondary N) is 1. The van der Waals surface area contributed by atoms with Crippen molar-refractivity contribution >= 4 is 17.2 Å². The van der Waals surface area contributed by atoms with Gasteiger partial charge in [0, 0.05) is 24.3 Å². The van der Waals surface area contributed by atoms with Crippen LogP contribution in [0.3, 0.4) is 0 Å². The number of nitrogens with zero attached hydrogens (tertiary/aromatic N) is 3. The molecule has 0 saturated carbocycles. The fourth-order valence-corrected chi connectivity index (χ4v) is 3.35. The van der Waals surface area contributed by atoms with Crippen molar-refractivity contribution in [2.75, 3.05) is 6.54 Å². The fourth-order valence-electron chi connectivity index (χ4n) is 2.51. The van der Waals surface area contributed by atoms with Gasteiger partial charge in [-0.1, -0.05) is 30.3 Å². The Hall–Kier alpha value is -2.47. The lowest BCUT2D eigenvalue weighted by atomic mass is 10.2. The van der Waals surface area contributed by atoms with Crippen molar-refractivity contribution in [3.63, 3.8) is 0 Å². The van der Waals surface area contributed by atoms with Gasteiger partial charge >= 0.3 is 0 Å². The number of carbonyl (C=O) groups is 1. The summed E-state index contributed by atoms with van der Waals surface area (Å²) in [6.07, 6.45) is 2.49. The number of carbonyl (C=O) groups excluding carboxylic acids is 1. The third-order valence-corrected chi connectivity index (χ3v) is 4.73. The van der Waals surface area contributed by atoms with Crippen LogP contribution < -0.4 is 5.32 Å². The summed E-state index contributed by atoms with van der Waals surface area (Å²) in [5, 5.41) is 8.23.